The van der Waals surface area contributed by atoms with E-state index in [4.69, 9.17) is 0 Å². The van der Waals surface area contributed by atoms with Gasteiger partial charge in [0.1, 0.15) is 0 Å². The third-order valence-electron chi connectivity index (χ3n) is 3.56. The van der Waals surface area contributed by atoms with Crippen LogP contribution in [0, 0.1) is 6.92 Å². The summed E-state index contributed by atoms with van der Waals surface area (Å²) in [6, 6.07) is 16.2. The fourth-order valence-electron chi connectivity index (χ4n) is 2.33. The molecule has 0 bridgehead atoms. The Kier molecular flexibility index (Phi) is 3.59. The van der Waals surface area contributed by atoms with Crippen molar-refractivity contribution in [2.75, 3.05) is 0 Å². The standard InChI is InChI=1S/C17H15N5S/c1-12-6-8-14(9-7-12)22-10-13(20-21-22)11-23-17-18-15-4-2-3-5-16(15)19-17/h2-10H,11H2,1H3,(H,18,19). The lowest BCUT2D eigenvalue weighted by Gasteiger charge is -1.99. The van der Waals surface area contributed by atoms with Crippen LogP contribution in [0.1, 0.15) is 11.3 Å². The van der Waals surface area contributed by atoms with Crippen LogP contribution in [0.5, 0.6) is 0 Å². The zero-order chi connectivity index (χ0) is 15.6. The van der Waals surface area contributed by atoms with Gasteiger partial charge in [0.15, 0.2) is 5.16 Å². The number of aryl methyl sites for hydroxylation is 1. The summed E-state index contributed by atoms with van der Waals surface area (Å²) < 4.78 is 1.80. The van der Waals surface area contributed by atoms with Crippen molar-refractivity contribution >= 4 is 22.8 Å². The smallest absolute Gasteiger partial charge is 0.166 e. The molecule has 0 amide bonds. The van der Waals surface area contributed by atoms with Gasteiger partial charge in [-0.1, -0.05) is 46.8 Å². The monoisotopic (exact) mass is 321 g/mol. The molecule has 0 aliphatic carbocycles. The number of hydrogen-bond acceptors (Lipinski definition) is 4. The van der Waals surface area contributed by atoms with E-state index in [1.54, 1.807) is 16.4 Å². The number of para-hydroxylation sites is 2. The number of aromatic amines is 1. The molecule has 23 heavy (non-hydrogen) atoms. The van der Waals surface area contributed by atoms with Crippen LogP contribution < -0.4 is 0 Å². The number of thioether (sulfide) groups is 1. The van der Waals surface area contributed by atoms with Crippen molar-refractivity contribution in [2.24, 2.45) is 0 Å². The van der Waals surface area contributed by atoms with Crippen LogP contribution in [-0.2, 0) is 5.75 Å². The molecule has 0 saturated carbocycles. The van der Waals surface area contributed by atoms with Gasteiger partial charge in [0, 0.05) is 5.75 Å². The Hall–Kier alpha value is -2.60. The normalized spacial score (nSPS) is 11.2. The van der Waals surface area contributed by atoms with Crippen LogP contribution in [0.15, 0.2) is 59.9 Å². The number of benzene rings is 2. The molecule has 0 aliphatic heterocycles. The molecule has 0 saturated heterocycles. The quantitative estimate of drug-likeness (QED) is 0.582. The second kappa shape index (κ2) is 5.89. The van der Waals surface area contributed by atoms with Gasteiger partial charge in [0.25, 0.3) is 0 Å². The van der Waals surface area contributed by atoms with E-state index in [1.807, 2.05) is 42.6 Å². The molecular formula is C17H15N5S. The minimum atomic E-state index is 0.728. The third-order valence-corrected chi connectivity index (χ3v) is 4.47. The Balaban J connectivity index is 1.48. The highest BCUT2D eigenvalue weighted by atomic mass is 32.2. The molecule has 1 N–H and O–H groups in total. The summed E-state index contributed by atoms with van der Waals surface area (Å²) in [7, 11) is 0. The Bertz CT molecular complexity index is 906. The molecule has 2 aromatic carbocycles. The van der Waals surface area contributed by atoms with Gasteiger partial charge in [-0.05, 0) is 31.2 Å². The van der Waals surface area contributed by atoms with Gasteiger partial charge in [0.05, 0.1) is 28.6 Å². The molecule has 0 spiro atoms. The van der Waals surface area contributed by atoms with Crippen LogP contribution in [0.3, 0.4) is 0 Å². The number of hydrogen-bond donors (Lipinski definition) is 1. The van der Waals surface area contributed by atoms with E-state index in [1.165, 1.54) is 5.56 Å². The molecule has 4 aromatic rings. The van der Waals surface area contributed by atoms with Crippen LogP contribution in [0.4, 0.5) is 0 Å². The number of rotatable bonds is 4. The summed E-state index contributed by atoms with van der Waals surface area (Å²) in [6.45, 7) is 2.07. The topological polar surface area (TPSA) is 59.4 Å². The molecule has 0 radical (unpaired) electrons. The van der Waals surface area contributed by atoms with Gasteiger partial charge < -0.3 is 4.98 Å². The number of nitrogens with zero attached hydrogens (tertiary/aromatic N) is 4. The van der Waals surface area contributed by atoms with Crippen molar-refractivity contribution in [2.45, 2.75) is 17.8 Å². The van der Waals surface area contributed by atoms with Crippen LogP contribution in [0.25, 0.3) is 16.7 Å². The van der Waals surface area contributed by atoms with E-state index < -0.39 is 0 Å². The van der Waals surface area contributed by atoms with Gasteiger partial charge in [-0.2, -0.15) is 0 Å². The first-order chi connectivity index (χ1) is 11.3. The number of aromatic nitrogens is 5. The van der Waals surface area contributed by atoms with Crippen LogP contribution in [-0.4, -0.2) is 25.0 Å². The predicted molar refractivity (Wildman–Crippen MR) is 91.8 cm³/mol. The van der Waals surface area contributed by atoms with Gasteiger partial charge >= 0.3 is 0 Å². The van der Waals surface area contributed by atoms with Crippen molar-refractivity contribution in [3.8, 4) is 5.69 Å². The molecule has 0 atom stereocenters. The molecule has 6 heteroatoms. The zero-order valence-electron chi connectivity index (χ0n) is 12.6. The minimum Gasteiger partial charge on any atom is -0.333 e. The first kappa shape index (κ1) is 14.0. The lowest BCUT2D eigenvalue weighted by atomic mass is 10.2. The first-order valence-corrected chi connectivity index (χ1v) is 8.32. The number of fused-ring (bicyclic) bond motifs is 1. The molecule has 0 aliphatic rings. The molecule has 0 unspecified atom stereocenters. The number of nitrogens with one attached hydrogen (secondary N) is 1. The van der Waals surface area contributed by atoms with E-state index in [9.17, 15) is 0 Å². The summed E-state index contributed by atoms with van der Waals surface area (Å²) in [5.74, 6) is 0.728. The van der Waals surface area contributed by atoms with Crippen molar-refractivity contribution in [1.82, 2.24) is 25.0 Å². The van der Waals surface area contributed by atoms with E-state index in [2.05, 4.69) is 39.3 Å². The second-order valence-corrected chi connectivity index (χ2v) is 6.30. The summed E-state index contributed by atoms with van der Waals surface area (Å²) in [5, 5.41) is 9.33. The van der Waals surface area contributed by atoms with Crippen molar-refractivity contribution in [3.63, 3.8) is 0 Å². The Morgan fingerprint density at radius 1 is 1.09 bits per heavy atom. The molecular weight excluding hydrogens is 306 g/mol. The lowest BCUT2D eigenvalue weighted by Crippen LogP contribution is -1.94. The van der Waals surface area contributed by atoms with Gasteiger partial charge in [-0.3, -0.25) is 0 Å². The molecule has 2 aromatic heterocycles. The molecule has 5 nitrogen and oxygen atoms in total. The highest BCUT2D eigenvalue weighted by molar-refractivity contribution is 7.98. The summed E-state index contributed by atoms with van der Waals surface area (Å²) in [5.41, 5.74) is 5.21. The van der Waals surface area contributed by atoms with Gasteiger partial charge in [-0.25, -0.2) is 9.67 Å². The highest BCUT2D eigenvalue weighted by Crippen LogP contribution is 2.22. The Morgan fingerprint density at radius 3 is 2.74 bits per heavy atom. The maximum atomic E-state index is 4.55. The number of imidazole rings is 1. The minimum absolute atomic E-state index is 0.728. The maximum absolute atomic E-state index is 4.55. The highest BCUT2D eigenvalue weighted by Gasteiger charge is 2.06. The first-order valence-electron chi connectivity index (χ1n) is 7.34. The largest absolute Gasteiger partial charge is 0.333 e. The van der Waals surface area contributed by atoms with Gasteiger partial charge in [0.2, 0.25) is 0 Å². The zero-order valence-corrected chi connectivity index (χ0v) is 13.4. The van der Waals surface area contributed by atoms with E-state index >= 15 is 0 Å². The Morgan fingerprint density at radius 2 is 1.91 bits per heavy atom. The average molecular weight is 321 g/mol. The maximum Gasteiger partial charge on any atom is 0.166 e. The second-order valence-electron chi connectivity index (χ2n) is 5.34. The van der Waals surface area contributed by atoms with Crippen molar-refractivity contribution < 1.29 is 0 Å². The summed E-state index contributed by atoms with van der Waals surface area (Å²) in [4.78, 5) is 7.86. The van der Waals surface area contributed by atoms with Crippen molar-refractivity contribution in [3.05, 3.63) is 66.0 Å². The Labute approximate surface area is 137 Å². The van der Waals surface area contributed by atoms with E-state index in [0.29, 0.717) is 0 Å². The summed E-state index contributed by atoms with van der Waals surface area (Å²) >= 11 is 1.63. The van der Waals surface area contributed by atoms with E-state index in [0.717, 1.165) is 33.3 Å². The number of H-pyrrole nitrogens is 1. The lowest BCUT2D eigenvalue weighted by molar-refractivity contribution is 0.800. The van der Waals surface area contributed by atoms with E-state index in [-0.39, 0.29) is 0 Å². The fourth-order valence-corrected chi connectivity index (χ4v) is 3.09. The van der Waals surface area contributed by atoms with Crippen LogP contribution in [0.2, 0.25) is 0 Å². The van der Waals surface area contributed by atoms with Crippen LogP contribution >= 0.6 is 11.8 Å². The molecule has 2 heterocycles. The molecule has 114 valence electrons. The van der Waals surface area contributed by atoms with Gasteiger partial charge in [-0.15, -0.1) is 5.10 Å². The third kappa shape index (κ3) is 2.98. The molecule has 0 fully saturated rings. The molecule has 4 rings (SSSR count). The SMILES string of the molecule is Cc1ccc(-n2cc(CSc3nc4ccccc4[nH]3)nn2)cc1. The predicted octanol–water partition coefficient (Wildman–Crippen LogP) is 3.74. The summed E-state index contributed by atoms with van der Waals surface area (Å²) in [6.07, 6.45) is 1.96. The fraction of sp³-hybridized carbons (Fsp3) is 0.118. The average Bonchev–Trinajstić information content (AvgIpc) is 3.20. The van der Waals surface area contributed by atoms with Crippen molar-refractivity contribution in [1.29, 1.82) is 0 Å².